The third kappa shape index (κ3) is 2.22. The number of aliphatic hydroxyl groups excluding tert-OH is 1. The van der Waals surface area contributed by atoms with Gasteiger partial charge in [0.1, 0.15) is 11.0 Å². The number of aryl methyl sites for hydroxylation is 1. The van der Waals surface area contributed by atoms with Crippen molar-refractivity contribution in [1.29, 1.82) is 0 Å². The Kier molecular flexibility index (Phi) is 3.20. The van der Waals surface area contributed by atoms with Gasteiger partial charge in [0.25, 0.3) is 5.71 Å². The van der Waals surface area contributed by atoms with Crippen LogP contribution in [-0.4, -0.2) is 37.8 Å². The average Bonchev–Trinajstić information content (AvgIpc) is 3.17. The van der Waals surface area contributed by atoms with E-state index in [0.29, 0.717) is 35.0 Å². The van der Waals surface area contributed by atoms with Crippen LogP contribution in [0.5, 0.6) is 0 Å². The van der Waals surface area contributed by atoms with Crippen LogP contribution in [0.2, 0.25) is 0 Å². The quantitative estimate of drug-likeness (QED) is 0.600. The molecule has 0 aliphatic carbocycles. The second-order valence-electron chi connectivity index (χ2n) is 5.20. The molecule has 4 aromatic rings. The highest BCUT2D eigenvalue weighted by Crippen LogP contribution is 2.31. The Balaban J connectivity index is 1.96. The maximum absolute atomic E-state index is 9.02. The molecule has 1 aromatic carbocycles. The summed E-state index contributed by atoms with van der Waals surface area (Å²) in [6.45, 7) is 0.406. The summed E-state index contributed by atoms with van der Waals surface area (Å²) < 4.78 is 7.73. The van der Waals surface area contributed by atoms with E-state index in [1.54, 1.807) is 6.33 Å². The van der Waals surface area contributed by atoms with Crippen LogP contribution in [0.25, 0.3) is 33.7 Å². The second-order valence-corrected chi connectivity index (χ2v) is 5.20. The molecule has 0 saturated carbocycles. The highest BCUT2D eigenvalue weighted by atomic mass is 16.4. The number of rotatable bonds is 4. The first-order valence-electron chi connectivity index (χ1n) is 7.29. The summed E-state index contributed by atoms with van der Waals surface area (Å²) in [6.07, 6.45) is 1.72. The summed E-state index contributed by atoms with van der Waals surface area (Å²) in [7, 11) is 1.90. The highest BCUT2D eigenvalue weighted by molar-refractivity contribution is 6.03. The summed E-state index contributed by atoms with van der Waals surface area (Å²) in [4.78, 5) is 13.4. The zero-order valence-corrected chi connectivity index (χ0v) is 12.5. The third-order valence-corrected chi connectivity index (χ3v) is 3.63. The first kappa shape index (κ1) is 13.7. The van der Waals surface area contributed by atoms with E-state index < -0.39 is 0 Å². The van der Waals surface area contributed by atoms with Crippen LogP contribution < -0.4 is 5.32 Å². The normalized spacial score (nSPS) is 11.4. The minimum Gasteiger partial charge on any atom is -0.418 e. The third-order valence-electron chi connectivity index (χ3n) is 3.63. The van der Waals surface area contributed by atoms with Gasteiger partial charge >= 0.3 is 0 Å². The molecule has 0 aliphatic heterocycles. The molecule has 0 aliphatic rings. The van der Waals surface area contributed by atoms with Gasteiger partial charge in [-0.25, -0.2) is 9.97 Å². The van der Waals surface area contributed by atoms with Crippen molar-refractivity contribution in [2.24, 2.45) is 7.05 Å². The minimum absolute atomic E-state index is 0.0136. The molecule has 0 atom stereocenters. The van der Waals surface area contributed by atoms with E-state index in [1.165, 1.54) is 0 Å². The fourth-order valence-corrected chi connectivity index (χ4v) is 2.58. The highest BCUT2D eigenvalue weighted by Gasteiger charge is 2.18. The molecule has 0 radical (unpaired) electrons. The fourth-order valence-electron chi connectivity index (χ4n) is 2.58. The molecule has 0 bridgehead atoms. The summed E-state index contributed by atoms with van der Waals surface area (Å²) in [5.74, 6) is 1.10. The average molecular weight is 309 g/mol. The molecular formula is C16H15N5O2. The van der Waals surface area contributed by atoms with Crippen molar-refractivity contribution in [2.45, 2.75) is 0 Å². The minimum atomic E-state index is 0.0136. The predicted molar refractivity (Wildman–Crippen MR) is 87.1 cm³/mol. The Hall–Kier alpha value is -2.93. The number of imidazole rings is 1. The van der Waals surface area contributed by atoms with Crippen molar-refractivity contribution in [1.82, 2.24) is 19.5 Å². The van der Waals surface area contributed by atoms with Gasteiger partial charge in [0.15, 0.2) is 11.3 Å². The lowest BCUT2D eigenvalue weighted by Crippen LogP contribution is -2.07. The Labute approximate surface area is 131 Å². The number of nitrogens with zero attached hydrogens (tertiary/aromatic N) is 4. The van der Waals surface area contributed by atoms with Gasteiger partial charge in [0, 0.05) is 19.2 Å². The van der Waals surface area contributed by atoms with Crippen LogP contribution in [0.3, 0.4) is 0 Å². The predicted octanol–water partition coefficient (Wildman–Crippen LogP) is 2.18. The van der Waals surface area contributed by atoms with Crippen molar-refractivity contribution < 1.29 is 9.52 Å². The lowest BCUT2D eigenvalue weighted by molar-refractivity contribution is 0.311. The van der Waals surface area contributed by atoms with Crippen LogP contribution >= 0.6 is 0 Å². The van der Waals surface area contributed by atoms with Gasteiger partial charge < -0.3 is 19.4 Å². The molecule has 7 heteroatoms. The molecule has 23 heavy (non-hydrogen) atoms. The topological polar surface area (TPSA) is 89.0 Å². The van der Waals surface area contributed by atoms with Crippen molar-refractivity contribution in [2.75, 3.05) is 18.5 Å². The first-order valence-corrected chi connectivity index (χ1v) is 7.29. The van der Waals surface area contributed by atoms with Gasteiger partial charge in [0.05, 0.1) is 12.9 Å². The van der Waals surface area contributed by atoms with Crippen molar-refractivity contribution in [3.8, 4) is 11.5 Å². The molecular weight excluding hydrogens is 294 g/mol. The molecule has 3 heterocycles. The molecule has 3 aromatic heterocycles. The number of fused-ring (bicyclic) bond motifs is 3. The number of aliphatic hydroxyl groups is 1. The number of pyridine rings is 1. The Morgan fingerprint density at radius 1 is 1.17 bits per heavy atom. The standard InChI is InChI=1S/C16H15N5O2/c1-21-9-18-11-13(21)12-16(20-14(11)17-7-8-22)23-15(19-12)10-5-3-2-4-6-10/h2-6,9,22H,7-8H2,1H3,(H,17,20). The van der Waals surface area contributed by atoms with Crippen LogP contribution in [0.1, 0.15) is 0 Å². The SMILES string of the molecule is Cn1cnc2c(NCCO)nc3oc(-c4ccccc4)nc3c21. The van der Waals surface area contributed by atoms with Crippen LogP contribution in [0.4, 0.5) is 5.82 Å². The smallest absolute Gasteiger partial charge is 0.251 e. The van der Waals surface area contributed by atoms with Gasteiger partial charge in [0.2, 0.25) is 5.89 Å². The molecule has 4 rings (SSSR count). The monoisotopic (exact) mass is 309 g/mol. The second kappa shape index (κ2) is 5.36. The van der Waals surface area contributed by atoms with Gasteiger partial charge in [-0.15, -0.1) is 0 Å². The van der Waals surface area contributed by atoms with E-state index in [1.807, 2.05) is 41.9 Å². The number of benzene rings is 1. The maximum Gasteiger partial charge on any atom is 0.251 e. The number of aromatic nitrogens is 4. The molecule has 0 fully saturated rings. The van der Waals surface area contributed by atoms with E-state index in [9.17, 15) is 0 Å². The number of oxazole rings is 1. The molecule has 0 spiro atoms. The van der Waals surface area contributed by atoms with E-state index >= 15 is 0 Å². The summed E-state index contributed by atoms with van der Waals surface area (Å²) in [5.41, 5.74) is 3.57. The van der Waals surface area contributed by atoms with Crippen LogP contribution in [0.15, 0.2) is 41.1 Å². The van der Waals surface area contributed by atoms with Crippen LogP contribution in [-0.2, 0) is 7.05 Å². The lowest BCUT2D eigenvalue weighted by atomic mass is 10.2. The zero-order valence-electron chi connectivity index (χ0n) is 12.5. The fraction of sp³-hybridized carbons (Fsp3) is 0.188. The molecule has 0 unspecified atom stereocenters. The van der Waals surface area contributed by atoms with Gasteiger partial charge in [-0.1, -0.05) is 18.2 Å². The number of hydrogen-bond donors (Lipinski definition) is 2. The maximum atomic E-state index is 9.02. The lowest BCUT2D eigenvalue weighted by Gasteiger charge is -2.04. The molecule has 7 nitrogen and oxygen atoms in total. The number of nitrogens with one attached hydrogen (secondary N) is 1. The van der Waals surface area contributed by atoms with Crippen molar-refractivity contribution >= 4 is 28.1 Å². The summed E-state index contributed by atoms with van der Waals surface area (Å²) >= 11 is 0. The largest absolute Gasteiger partial charge is 0.418 e. The molecule has 116 valence electrons. The van der Waals surface area contributed by atoms with E-state index in [2.05, 4.69) is 20.3 Å². The molecule has 0 amide bonds. The van der Waals surface area contributed by atoms with E-state index in [4.69, 9.17) is 9.52 Å². The Bertz CT molecular complexity index is 974. The van der Waals surface area contributed by atoms with Crippen molar-refractivity contribution in [3.05, 3.63) is 36.7 Å². The van der Waals surface area contributed by atoms with Gasteiger partial charge in [-0.05, 0) is 12.1 Å². The van der Waals surface area contributed by atoms with Gasteiger partial charge in [-0.3, -0.25) is 0 Å². The number of hydrogen-bond acceptors (Lipinski definition) is 6. The van der Waals surface area contributed by atoms with E-state index in [0.717, 1.165) is 11.1 Å². The molecule has 2 N–H and O–H groups in total. The molecule has 0 saturated heterocycles. The van der Waals surface area contributed by atoms with E-state index in [-0.39, 0.29) is 6.61 Å². The number of anilines is 1. The Morgan fingerprint density at radius 2 is 2.00 bits per heavy atom. The zero-order chi connectivity index (χ0) is 15.8. The first-order chi connectivity index (χ1) is 11.3. The van der Waals surface area contributed by atoms with Gasteiger partial charge in [-0.2, -0.15) is 4.98 Å². The summed E-state index contributed by atoms with van der Waals surface area (Å²) in [6, 6.07) is 9.70. The van der Waals surface area contributed by atoms with Crippen LogP contribution in [0, 0.1) is 0 Å². The Morgan fingerprint density at radius 3 is 2.78 bits per heavy atom. The summed E-state index contributed by atoms with van der Waals surface area (Å²) in [5, 5.41) is 12.1. The van der Waals surface area contributed by atoms with Crippen molar-refractivity contribution in [3.63, 3.8) is 0 Å².